The fourth-order valence-electron chi connectivity index (χ4n) is 2.75. The fourth-order valence-corrected chi connectivity index (χ4v) is 2.75. The minimum Gasteiger partial charge on any atom is -0.627 e. The summed E-state index contributed by atoms with van der Waals surface area (Å²) in [5.74, 6) is -1.66. The number of anilines is 1. The first kappa shape index (κ1) is 12.8. The highest BCUT2D eigenvalue weighted by molar-refractivity contribution is 6.24. The molecule has 2 atom stereocenters. The van der Waals surface area contributed by atoms with Gasteiger partial charge in [0.1, 0.15) is 0 Å². The molecule has 0 saturated carbocycles. The second-order valence-electron chi connectivity index (χ2n) is 4.80. The molecule has 7 nitrogen and oxygen atoms in total. The highest BCUT2D eigenvalue weighted by Gasteiger charge is 2.48. The zero-order chi connectivity index (χ0) is 14.4. The average Bonchev–Trinajstić information content (AvgIpc) is 2.90. The van der Waals surface area contributed by atoms with Crippen molar-refractivity contribution in [2.45, 2.75) is 12.5 Å². The number of nitrogens with zero attached hydrogens (tertiary/aromatic N) is 1. The molecule has 2 aliphatic rings. The third-order valence-electron chi connectivity index (χ3n) is 3.75. The first-order valence-electron chi connectivity index (χ1n) is 6.32. The van der Waals surface area contributed by atoms with E-state index >= 15 is 0 Å². The summed E-state index contributed by atoms with van der Waals surface area (Å²) in [7, 11) is 1.65. The van der Waals surface area contributed by atoms with Crippen LogP contribution in [0.15, 0.2) is 18.2 Å². The lowest BCUT2D eigenvalue weighted by molar-refractivity contribution is -0.755. The number of amides is 3. The van der Waals surface area contributed by atoms with E-state index in [2.05, 4.69) is 5.32 Å². The summed E-state index contributed by atoms with van der Waals surface area (Å²) >= 11 is 0. The van der Waals surface area contributed by atoms with E-state index in [9.17, 15) is 19.6 Å². The zero-order valence-corrected chi connectivity index (χ0v) is 10.8. The first-order valence-corrected chi connectivity index (χ1v) is 6.32. The third kappa shape index (κ3) is 1.57. The molecule has 0 aliphatic carbocycles. The Balaban J connectivity index is 2.04. The maximum Gasteiger partial charge on any atom is 0.335 e. The minimum atomic E-state index is -0.945. The quantitative estimate of drug-likeness (QED) is 0.533. The number of quaternary nitrogens is 1. The summed E-state index contributed by atoms with van der Waals surface area (Å²) in [5, 5.41) is 13.7. The molecule has 1 saturated heterocycles. The normalized spacial score (nSPS) is 25.3. The number of hydrogen-bond acceptors (Lipinski definition) is 5. The van der Waals surface area contributed by atoms with Gasteiger partial charge in [0.15, 0.2) is 6.04 Å². The summed E-state index contributed by atoms with van der Waals surface area (Å²) in [6.07, 6.45) is 0.220. The number of imide groups is 1. The van der Waals surface area contributed by atoms with Gasteiger partial charge in [-0.3, -0.25) is 14.5 Å². The molecule has 104 valence electrons. The van der Waals surface area contributed by atoms with Crippen molar-refractivity contribution < 1.29 is 19.4 Å². The molecule has 1 aromatic rings. The van der Waals surface area contributed by atoms with Gasteiger partial charge in [-0.15, -0.1) is 0 Å². The molecule has 2 unspecified atom stereocenters. The molecule has 1 aromatic carbocycles. The van der Waals surface area contributed by atoms with E-state index in [-0.39, 0.29) is 24.1 Å². The van der Waals surface area contributed by atoms with E-state index in [4.69, 9.17) is 0 Å². The largest absolute Gasteiger partial charge is 0.627 e. The number of carbonyl (C=O) groups is 3. The van der Waals surface area contributed by atoms with E-state index in [1.54, 1.807) is 25.2 Å². The lowest BCUT2D eigenvalue weighted by Crippen LogP contribution is -3.08. The second kappa shape index (κ2) is 4.39. The van der Waals surface area contributed by atoms with Crippen LogP contribution in [0.5, 0.6) is 0 Å². The predicted molar refractivity (Wildman–Crippen MR) is 69.1 cm³/mol. The van der Waals surface area contributed by atoms with Crippen molar-refractivity contribution in [2.75, 3.05) is 18.9 Å². The van der Waals surface area contributed by atoms with Crippen molar-refractivity contribution in [2.24, 2.45) is 0 Å². The van der Waals surface area contributed by atoms with Crippen molar-refractivity contribution in [1.29, 1.82) is 0 Å². The van der Waals surface area contributed by atoms with Gasteiger partial charge in [0.05, 0.1) is 17.7 Å². The highest BCUT2D eigenvalue weighted by atomic mass is 16.5. The number of hydroxylamine groups is 2. The molecule has 0 radical (unpaired) electrons. The lowest BCUT2D eigenvalue weighted by Gasteiger charge is -2.19. The Morgan fingerprint density at radius 1 is 1.30 bits per heavy atom. The Hall–Kier alpha value is -2.25. The molecular formula is C13H13N3O4. The van der Waals surface area contributed by atoms with Gasteiger partial charge in [-0.25, -0.2) is 4.79 Å². The van der Waals surface area contributed by atoms with Gasteiger partial charge >= 0.3 is 5.91 Å². The number of benzene rings is 1. The molecule has 0 spiro atoms. The summed E-state index contributed by atoms with van der Waals surface area (Å²) < 4.78 is 0. The minimum absolute atomic E-state index is 0.0930. The van der Waals surface area contributed by atoms with Crippen molar-refractivity contribution in [1.82, 2.24) is 4.90 Å². The molecule has 0 bridgehead atoms. The van der Waals surface area contributed by atoms with Gasteiger partial charge in [0.25, 0.3) is 11.8 Å². The number of nitrogens with one attached hydrogen (secondary N) is 2. The van der Waals surface area contributed by atoms with E-state index in [1.165, 1.54) is 0 Å². The molecule has 20 heavy (non-hydrogen) atoms. The Bertz CT molecular complexity index is 628. The maximum absolute atomic E-state index is 12.4. The number of fused-ring (bicyclic) bond motifs is 1. The van der Waals surface area contributed by atoms with Gasteiger partial charge in [-0.1, -0.05) is 6.07 Å². The van der Waals surface area contributed by atoms with E-state index < -0.39 is 28.8 Å². The van der Waals surface area contributed by atoms with Crippen molar-refractivity contribution in [3.63, 3.8) is 0 Å². The SMILES string of the molecule is CNc1cccc2c1C(=O)N(C1CC[NH+]([O-])C1=O)C2=O. The van der Waals surface area contributed by atoms with Crippen LogP contribution in [0.1, 0.15) is 27.1 Å². The molecule has 2 heterocycles. The van der Waals surface area contributed by atoms with E-state index in [0.29, 0.717) is 5.69 Å². The van der Waals surface area contributed by atoms with Crippen LogP contribution in [0, 0.1) is 5.21 Å². The van der Waals surface area contributed by atoms with E-state index in [1.807, 2.05) is 0 Å². The van der Waals surface area contributed by atoms with Crippen LogP contribution in [0.4, 0.5) is 5.69 Å². The number of hydrogen-bond donors (Lipinski definition) is 2. The van der Waals surface area contributed by atoms with E-state index in [0.717, 1.165) is 4.90 Å². The molecular weight excluding hydrogens is 262 g/mol. The second-order valence-corrected chi connectivity index (χ2v) is 4.80. The van der Waals surface area contributed by atoms with Crippen LogP contribution in [-0.2, 0) is 4.79 Å². The Labute approximate surface area is 114 Å². The van der Waals surface area contributed by atoms with Crippen LogP contribution in [0.2, 0.25) is 0 Å². The summed E-state index contributed by atoms with van der Waals surface area (Å²) in [4.78, 5) is 37.5. The third-order valence-corrected chi connectivity index (χ3v) is 3.75. The monoisotopic (exact) mass is 275 g/mol. The fraction of sp³-hybridized carbons (Fsp3) is 0.308. The molecule has 2 N–H and O–H groups in total. The summed E-state index contributed by atoms with van der Waals surface area (Å²) in [6.45, 7) is 0.0930. The Kier molecular flexibility index (Phi) is 2.81. The highest BCUT2D eigenvalue weighted by Crippen LogP contribution is 2.31. The van der Waals surface area contributed by atoms with Crippen LogP contribution in [0.25, 0.3) is 0 Å². The van der Waals surface area contributed by atoms with Crippen LogP contribution >= 0.6 is 0 Å². The van der Waals surface area contributed by atoms with Crippen molar-refractivity contribution >= 4 is 23.4 Å². The smallest absolute Gasteiger partial charge is 0.335 e. The van der Waals surface area contributed by atoms with Crippen LogP contribution in [-0.4, -0.2) is 42.3 Å². The molecule has 3 rings (SSSR count). The maximum atomic E-state index is 12.4. The van der Waals surface area contributed by atoms with Crippen molar-refractivity contribution in [3.05, 3.63) is 34.5 Å². The van der Waals surface area contributed by atoms with Gasteiger partial charge in [-0.2, -0.15) is 0 Å². The van der Waals surface area contributed by atoms with Crippen molar-refractivity contribution in [3.8, 4) is 0 Å². The predicted octanol–water partition coefficient (Wildman–Crippen LogP) is -0.994. The zero-order valence-electron chi connectivity index (χ0n) is 10.8. The molecule has 3 amide bonds. The van der Waals surface area contributed by atoms with Crippen LogP contribution in [0.3, 0.4) is 0 Å². The Morgan fingerprint density at radius 2 is 2.05 bits per heavy atom. The number of rotatable bonds is 2. The Morgan fingerprint density at radius 3 is 2.65 bits per heavy atom. The first-order chi connectivity index (χ1) is 9.56. The summed E-state index contributed by atoms with van der Waals surface area (Å²) in [6, 6.07) is 3.97. The standard InChI is InChI=1S/C13H13N3O4/c1-14-8-4-2-3-7-10(8)13(19)16(11(7)17)9-5-6-15(20)12(9)18/h2-4,9,14-15H,5-6H2,1H3. The molecule has 7 heteroatoms. The van der Waals surface area contributed by atoms with Gasteiger partial charge < -0.3 is 15.6 Å². The molecule has 0 aromatic heterocycles. The number of carbonyl (C=O) groups excluding carboxylic acids is 3. The molecule has 1 fully saturated rings. The van der Waals surface area contributed by atoms with Gasteiger partial charge in [0.2, 0.25) is 0 Å². The lowest BCUT2D eigenvalue weighted by atomic mass is 10.1. The summed E-state index contributed by atoms with van der Waals surface area (Å²) in [5.41, 5.74) is 1.08. The van der Waals surface area contributed by atoms with Gasteiger partial charge in [0, 0.05) is 19.2 Å². The van der Waals surface area contributed by atoms with Crippen LogP contribution < -0.4 is 10.4 Å². The van der Waals surface area contributed by atoms with Gasteiger partial charge in [-0.05, 0) is 12.1 Å². The topological polar surface area (TPSA) is 94.0 Å². The molecule has 2 aliphatic heterocycles. The average molecular weight is 275 g/mol.